The Morgan fingerprint density at radius 2 is 2.37 bits per heavy atom. The Balaban J connectivity index is 2.57. The first-order chi connectivity index (χ1) is 9.21. The summed E-state index contributed by atoms with van der Waals surface area (Å²) in [4.78, 5) is 11.3. The highest BCUT2D eigenvalue weighted by molar-refractivity contribution is 5.67. The van der Waals surface area contributed by atoms with Crippen LogP contribution in [-0.2, 0) is 4.74 Å². The number of ether oxygens (including phenoxy) is 2. The molecule has 104 valence electrons. The van der Waals surface area contributed by atoms with E-state index < -0.39 is 6.09 Å². The predicted octanol–water partition coefficient (Wildman–Crippen LogP) is 1.65. The maximum Gasteiger partial charge on any atom is 0.407 e. The minimum absolute atomic E-state index is 0.0198. The molecule has 0 aliphatic carbocycles. The zero-order chi connectivity index (χ0) is 14.1. The average molecular weight is 264 g/mol. The molecule has 0 spiro atoms. The summed E-state index contributed by atoms with van der Waals surface area (Å²) < 4.78 is 10.00. The van der Waals surface area contributed by atoms with Crippen LogP contribution >= 0.6 is 0 Å². The van der Waals surface area contributed by atoms with Crippen molar-refractivity contribution in [3.8, 4) is 5.75 Å². The van der Waals surface area contributed by atoms with Crippen LogP contribution in [0.25, 0.3) is 0 Å². The van der Waals surface area contributed by atoms with Crippen LogP contribution in [0.2, 0.25) is 0 Å². The summed E-state index contributed by atoms with van der Waals surface area (Å²) in [5, 5.41) is 2.67. The number of methoxy groups -OCH3 is 1. The molecule has 1 atom stereocenters. The van der Waals surface area contributed by atoms with Crippen LogP contribution in [0.3, 0.4) is 0 Å². The molecule has 0 heterocycles. The van der Waals surface area contributed by atoms with Crippen molar-refractivity contribution in [3.63, 3.8) is 0 Å². The van der Waals surface area contributed by atoms with Crippen molar-refractivity contribution in [2.24, 2.45) is 5.73 Å². The van der Waals surface area contributed by atoms with Crippen LogP contribution in [-0.4, -0.2) is 32.9 Å². The van der Waals surface area contributed by atoms with E-state index in [0.29, 0.717) is 13.1 Å². The van der Waals surface area contributed by atoms with Gasteiger partial charge in [-0.15, -0.1) is 0 Å². The van der Waals surface area contributed by atoms with Crippen molar-refractivity contribution in [3.05, 3.63) is 42.5 Å². The molecule has 0 aliphatic heterocycles. The van der Waals surface area contributed by atoms with E-state index in [1.54, 1.807) is 7.11 Å². The van der Waals surface area contributed by atoms with E-state index in [2.05, 4.69) is 11.9 Å². The molecule has 0 fully saturated rings. The number of hydrogen-bond donors (Lipinski definition) is 2. The summed E-state index contributed by atoms with van der Waals surface area (Å²) in [5.74, 6) is 0.788. The third kappa shape index (κ3) is 5.01. The van der Waals surface area contributed by atoms with E-state index in [9.17, 15) is 4.79 Å². The Bertz CT molecular complexity index is 421. The van der Waals surface area contributed by atoms with Gasteiger partial charge < -0.3 is 20.5 Å². The van der Waals surface area contributed by atoms with Crippen LogP contribution in [0.15, 0.2) is 36.9 Å². The van der Waals surface area contributed by atoms with Gasteiger partial charge in [0.15, 0.2) is 0 Å². The minimum Gasteiger partial charge on any atom is -0.497 e. The highest BCUT2D eigenvalue weighted by Crippen LogP contribution is 2.19. The van der Waals surface area contributed by atoms with E-state index in [1.807, 2.05) is 24.3 Å². The van der Waals surface area contributed by atoms with Crippen molar-refractivity contribution in [1.82, 2.24) is 5.32 Å². The fourth-order valence-corrected chi connectivity index (χ4v) is 1.62. The van der Waals surface area contributed by atoms with Gasteiger partial charge in [-0.2, -0.15) is 0 Å². The molecule has 1 rings (SSSR count). The van der Waals surface area contributed by atoms with Gasteiger partial charge in [-0.05, 0) is 17.7 Å². The fourth-order valence-electron chi connectivity index (χ4n) is 1.62. The number of nitrogens with one attached hydrogen (secondary N) is 1. The molecule has 19 heavy (non-hydrogen) atoms. The molecule has 1 amide bonds. The second-order valence-electron chi connectivity index (χ2n) is 3.98. The Kier molecular flexibility index (Phi) is 6.46. The smallest absolute Gasteiger partial charge is 0.407 e. The first kappa shape index (κ1) is 15.0. The minimum atomic E-state index is -0.471. The summed E-state index contributed by atoms with van der Waals surface area (Å²) >= 11 is 0. The first-order valence-electron chi connectivity index (χ1n) is 6.06. The molecule has 0 radical (unpaired) electrons. The van der Waals surface area contributed by atoms with E-state index in [0.717, 1.165) is 11.3 Å². The normalized spacial score (nSPS) is 11.5. The number of hydrogen-bond acceptors (Lipinski definition) is 4. The number of nitrogens with two attached hydrogens (primary N) is 1. The van der Waals surface area contributed by atoms with E-state index in [-0.39, 0.29) is 12.5 Å². The number of benzene rings is 1. The molecule has 3 N–H and O–H groups in total. The Hall–Kier alpha value is -2.01. The van der Waals surface area contributed by atoms with Crippen molar-refractivity contribution in [2.75, 3.05) is 26.8 Å². The van der Waals surface area contributed by atoms with Crippen LogP contribution in [0.5, 0.6) is 5.75 Å². The monoisotopic (exact) mass is 264 g/mol. The third-order valence-corrected chi connectivity index (χ3v) is 2.67. The van der Waals surface area contributed by atoms with Gasteiger partial charge in [-0.25, -0.2) is 4.79 Å². The van der Waals surface area contributed by atoms with Gasteiger partial charge in [-0.1, -0.05) is 24.8 Å². The Morgan fingerprint density at radius 3 is 3.00 bits per heavy atom. The quantitative estimate of drug-likeness (QED) is 0.734. The van der Waals surface area contributed by atoms with E-state index in [4.69, 9.17) is 15.2 Å². The van der Waals surface area contributed by atoms with Crippen LogP contribution < -0.4 is 15.8 Å². The molecular weight excluding hydrogens is 244 g/mol. The predicted molar refractivity (Wildman–Crippen MR) is 74.3 cm³/mol. The van der Waals surface area contributed by atoms with Crippen LogP contribution in [0, 0.1) is 0 Å². The maximum absolute atomic E-state index is 11.3. The first-order valence-corrected chi connectivity index (χ1v) is 6.06. The van der Waals surface area contributed by atoms with Gasteiger partial charge in [-0.3, -0.25) is 0 Å². The topological polar surface area (TPSA) is 73.6 Å². The molecule has 0 aliphatic rings. The number of amides is 1. The third-order valence-electron chi connectivity index (χ3n) is 2.67. The Morgan fingerprint density at radius 1 is 1.58 bits per heavy atom. The fraction of sp³-hybridized carbons (Fsp3) is 0.357. The molecule has 0 bridgehead atoms. The van der Waals surface area contributed by atoms with Gasteiger partial charge >= 0.3 is 6.09 Å². The molecule has 0 unspecified atom stereocenters. The largest absolute Gasteiger partial charge is 0.497 e. The highest BCUT2D eigenvalue weighted by atomic mass is 16.5. The zero-order valence-corrected chi connectivity index (χ0v) is 11.1. The number of rotatable bonds is 7. The van der Waals surface area contributed by atoms with Gasteiger partial charge in [0, 0.05) is 19.0 Å². The van der Waals surface area contributed by atoms with Gasteiger partial charge in [0.05, 0.1) is 7.11 Å². The summed E-state index contributed by atoms with van der Waals surface area (Å²) in [7, 11) is 1.61. The molecule has 0 saturated heterocycles. The summed E-state index contributed by atoms with van der Waals surface area (Å²) in [6.45, 7) is 4.51. The van der Waals surface area contributed by atoms with Crippen LogP contribution in [0.4, 0.5) is 4.79 Å². The maximum atomic E-state index is 11.3. The SMILES string of the molecule is C=CCOC(=O)NC[C@@H](CN)c1cccc(OC)c1. The highest BCUT2D eigenvalue weighted by Gasteiger charge is 2.12. The van der Waals surface area contributed by atoms with Crippen molar-refractivity contribution >= 4 is 6.09 Å². The van der Waals surface area contributed by atoms with Crippen molar-refractivity contribution in [1.29, 1.82) is 0 Å². The lowest BCUT2D eigenvalue weighted by molar-refractivity contribution is 0.157. The summed E-state index contributed by atoms with van der Waals surface area (Å²) in [6, 6.07) is 7.63. The molecular formula is C14H20N2O3. The van der Waals surface area contributed by atoms with Crippen LogP contribution in [0.1, 0.15) is 11.5 Å². The van der Waals surface area contributed by atoms with Gasteiger partial charge in [0.2, 0.25) is 0 Å². The molecule has 5 heteroatoms. The van der Waals surface area contributed by atoms with Crippen molar-refractivity contribution in [2.45, 2.75) is 5.92 Å². The number of carbonyl (C=O) groups is 1. The number of carbonyl (C=O) groups excluding carboxylic acids is 1. The molecule has 1 aromatic rings. The summed E-state index contributed by atoms with van der Waals surface area (Å²) in [5.41, 5.74) is 6.75. The lowest BCUT2D eigenvalue weighted by atomic mass is 9.99. The summed E-state index contributed by atoms with van der Waals surface area (Å²) in [6.07, 6.45) is 1.04. The second kappa shape index (κ2) is 8.16. The van der Waals surface area contributed by atoms with Gasteiger partial charge in [0.25, 0.3) is 0 Å². The standard InChI is InChI=1S/C14H20N2O3/c1-3-7-19-14(17)16-10-12(9-15)11-5-4-6-13(8-11)18-2/h3-6,8,12H,1,7,9-10,15H2,2H3,(H,16,17)/t12-/m1/s1. The Labute approximate surface area is 113 Å². The lowest BCUT2D eigenvalue weighted by Gasteiger charge is -2.16. The molecule has 0 saturated carbocycles. The number of alkyl carbamates (subject to hydrolysis) is 1. The second-order valence-corrected chi connectivity index (χ2v) is 3.98. The van der Waals surface area contributed by atoms with E-state index >= 15 is 0 Å². The zero-order valence-electron chi connectivity index (χ0n) is 11.1. The average Bonchev–Trinajstić information content (AvgIpc) is 2.46. The molecule has 5 nitrogen and oxygen atoms in total. The van der Waals surface area contributed by atoms with E-state index in [1.165, 1.54) is 6.08 Å². The molecule has 0 aromatic heterocycles. The van der Waals surface area contributed by atoms with Gasteiger partial charge in [0.1, 0.15) is 12.4 Å². The molecule has 1 aromatic carbocycles. The van der Waals surface area contributed by atoms with Crippen molar-refractivity contribution < 1.29 is 14.3 Å². The lowest BCUT2D eigenvalue weighted by Crippen LogP contribution is -2.32.